The minimum Gasteiger partial charge on any atom is -0.340 e. The van der Waals surface area contributed by atoms with Gasteiger partial charge >= 0.3 is 0 Å². The van der Waals surface area contributed by atoms with Crippen LogP contribution < -0.4 is 11.3 Å². The van der Waals surface area contributed by atoms with Crippen molar-refractivity contribution in [2.45, 2.75) is 12.8 Å². The zero-order valence-corrected chi connectivity index (χ0v) is 11.7. The van der Waals surface area contributed by atoms with Gasteiger partial charge in [-0.3, -0.25) is 10.6 Å². The first-order chi connectivity index (χ1) is 9.63. The first-order valence-corrected chi connectivity index (χ1v) is 6.86. The molecule has 3 N–H and O–H groups in total. The molecule has 0 unspecified atom stereocenters. The number of para-hydroxylation sites is 1. The lowest BCUT2D eigenvalue weighted by Crippen LogP contribution is -2.35. The summed E-state index contributed by atoms with van der Waals surface area (Å²) in [6, 6.07) is 4.36. The minimum absolute atomic E-state index is 0.0468. The number of nitrogen functional groups attached to an aromatic ring is 1. The van der Waals surface area contributed by atoms with E-state index in [4.69, 9.17) is 5.84 Å². The second-order valence-electron chi connectivity index (χ2n) is 5.08. The van der Waals surface area contributed by atoms with E-state index < -0.39 is 5.82 Å². The average molecular weight is 280 g/mol. The Labute approximate surface area is 118 Å². The molecule has 1 fully saturated rings. The molecule has 0 aliphatic carbocycles. The Hall–Kier alpha value is -1.66. The van der Waals surface area contributed by atoms with Crippen LogP contribution in [0.15, 0.2) is 18.2 Å². The molecule has 0 saturated carbocycles. The predicted molar refractivity (Wildman–Crippen MR) is 76.8 cm³/mol. The minimum atomic E-state index is -0.522. The van der Waals surface area contributed by atoms with Gasteiger partial charge in [0.2, 0.25) is 0 Å². The molecule has 1 saturated heterocycles. The number of nitrogens with one attached hydrogen (secondary N) is 1. The highest BCUT2D eigenvalue weighted by Crippen LogP contribution is 2.20. The Kier molecular flexibility index (Phi) is 4.92. The summed E-state index contributed by atoms with van der Waals surface area (Å²) in [5, 5.41) is 0. The van der Waals surface area contributed by atoms with Crippen LogP contribution in [-0.2, 0) is 0 Å². The number of carbonyl (C=O) groups excluding carboxylic acids is 1. The van der Waals surface area contributed by atoms with Crippen molar-refractivity contribution in [1.29, 1.82) is 0 Å². The third-order valence-corrected chi connectivity index (χ3v) is 3.69. The fourth-order valence-electron chi connectivity index (χ4n) is 2.45. The van der Waals surface area contributed by atoms with Crippen LogP contribution in [0.4, 0.5) is 10.1 Å². The number of benzene rings is 1. The molecule has 5 nitrogen and oxygen atoms in total. The van der Waals surface area contributed by atoms with E-state index in [2.05, 4.69) is 10.3 Å². The van der Waals surface area contributed by atoms with E-state index in [9.17, 15) is 9.18 Å². The Morgan fingerprint density at radius 2 is 2.15 bits per heavy atom. The maximum atomic E-state index is 13.6. The van der Waals surface area contributed by atoms with Crippen molar-refractivity contribution in [1.82, 2.24) is 9.80 Å². The molecule has 1 aliphatic rings. The molecule has 1 aromatic carbocycles. The molecular formula is C14H21FN4O. The second-order valence-corrected chi connectivity index (χ2v) is 5.08. The summed E-state index contributed by atoms with van der Waals surface area (Å²) in [6.07, 6.45) is 2.45. The lowest BCUT2D eigenvalue weighted by atomic mass is 10.1. The van der Waals surface area contributed by atoms with Crippen molar-refractivity contribution in [3.8, 4) is 0 Å². The van der Waals surface area contributed by atoms with Gasteiger partial charge in [-0.2, -0.15) is 0 Å². The third kappa shape index (κ3) is 3.26. The van der Waals surface area contributed by atoms with Crippen molar-refractivity contribution >= 4 is 11.6 Å². The summed E-state index contributed by atoms with van der Waals surface area (Å²) in [5.41, 5.74) is 2.57. The molecule has 110 valence electrons. The molecule has 0 radical (unpaired) electrons. The monoisotopic (exact) mass is 280 g/mol. The molecule has 20 heavy (non-hydrogen) atoms. The van der Waals surface area contributed by atoms with Gasteiger partial charge in [0.1, 0.15) is 5.82 Å². The van der Waals surface area contributed by atoms with Crippen LogP contribution in [0.25, 0.3) is 0 Å². The lowest BCUT2D eigenvalue weighted by Gasteiger charge is -2.22. The van der Waals surface area contributed by atoms with Crippen LogP contribution in [0.5, 0.6) is 0 Å². The van der Waals surface area contributed by atoms with Gasteiger partial charge in [-0.1, -0.05) is 6.07 Å². The van der Waals surface area contributed by atoms with E-state index in [1.807, 2.05) is 0 Å². The summed E-state index contributed by atoms with van der Waals surface area (Å²) in [4.78, 5) is 16.3. The number of amides is 1. The van der Waals surface area contributed by atoms with Crippen molar-refractivity contribution in [2.24, 2.45) is 5.84 Å². The number of likely N-dealkylation sites (tertiary alicyclic amines) is 1. The highest BCUT2D eigenvalue weighted by Gasteiger charge is 2.19. The number of nitrogens with zero attached hydrogens (tertiary/aromatic N) is 2. The molecular weight excluding hydrogens is 259 g/mol. The van der Waals surface area contributed by atoms with Gasteiger partial charge in [-0.15, -0.1) is 0 Å². The SMILES string of the molecule is CN(CCN1CCCC1)C(=O)c1cccc(F)c1NN. The smallest absolute Gasteiger partial charge is 0.255 e. The molecule has 0 atom stereocenters. The molecule has 1 aliphatic heterocycles. The summed E-state index contributed by atoms with van der Waals surface area (Å²) in [7, 11) is 1.73. The van der Waals surface area contributed by atoms with Crippen molar-refractivity contribution in [2.75, 3.05) is 38.7 Å². The number of hydrogen-bond acceptors (Lipinski definition) is 4. The second kappa shape index (κ2) is 6.67. The normalized spacial score (nSPS) is 15.3. The number of anilines is 1. The molecule has 0 spiro atoms. The van der Waals surface area contributed by atoms with E-state index in [1.54, 1.807) is 18.0 Å². The third-order valence-electron chi connectivity index (χ3n) is 3.69. The van der Waals surface area contributed by atoms with Gasteiger partial charge in [0.05, 0.1) is 11.3 Å². The number of hydrazine groups is 1. The number of nitrogens with two attached hydrogens (primary N) is 1. The fourth-order valence-corrected chi connectivity index (χ4v) is 2.45. The maximum Gasteiger partial charge on any atom is 0.255 e. The lowest BCUT2D eigenvalue weighted by molar-refractivity contribution is 0.0783. The zero-order valence-electron chi connectivity index (χ0n) is 11.7. The summed E-state index contributed by atoms with van der Waals surface area (Å²) < 4.78 is 13.6. The van der Waals surface area contributed by atoms with E-state index in [1.165, 1.54) is 25.0 Å². The summed E-state index contributed by atoms with van der Waals surface area (Å²) >= 11 is 0. The van der Waals surface area contributed by atoms with Gasteiger partial charge in [-0.05, 0) is 38.1 Å². The van der Waals surface area contributed by atoms with Crippen LogP contribution in [-0.4, -0.2) is 48.9 Å². The van der Waals surface area contributed by atoms with E-state index in [0.717, 1.165) is 19.6 Å². The van der Waals surface area contributed by atoms with Gasteiger partial charge in [0.25, 0.3) is 5.91 Å². The molecule has 1 aromatic rings. The van der Waals surface area contributed by atoms with Crippen LogP contribution in [0.3, 0.4) is 0 Å². The summed E-state index contributed by atoms with van der Waals surface area (Å²) in [5.74, 6) is 4.55. The molecule has 1 heterocycles. The Bertz CT molecular complexity index is 474. The van der Waals surface area contributed by atoms with E-state index in [-0.39, 0.29) is 17.2 Å². The Balaban J connectivity index is 2.00. The molecule has 0 bridgehead atoms. The highest BCUT2D eigenvalue weighted by atomic mass is 19.1. The van der Waals surface area contributed by atoms with Gasteiger partial charge < -0.3 is 15.2 Å². The molecule has 0 aromatic heterocycles. The van der Waals surface area contributed by atoms with E-state index >= 15 is 0 Å². The Morgan fingerprint density at radius 3 is 2.80 bits per heavy atom. The number of rotatable bonds is 5. The zero-order chi connectivity index (χ0) is 14.5. The van der Waals surface area contributed by atoms with Gasteiger partial charge in [-0.25, -0.2) is 4.39 Å². The molecule has 1 amide bonds. The number of carbonyl (C=O) groups is 1. The van der Waals surface area contributed by atoms with Crippen LogP contribution >= 0.6 is 0 Å². The topological polar surface area (TPSA) is 61.6 Å². The van der Waals surface area contributed by atoms with Gasteiger partial charge in [0.15, 0.2) is 0 Å². The predicted octanol–water partition coefficient (Wildman–Crippen LogP) is 1.28. The summed E-state index contributed by atoms with van der Waals surface area (Å²) in [6.45, 7) is 3.66. The van der Waals surface area contributed by atoms with Crippen LogP contribution in [0, 0.1) is 5.82 Å². The fraction of sp³-hybridized carbons (Fsp3) is 0.500. The standard InChI is InChI=1S/C14H21FN4O/c1-18(9-10-19-7-2-3-8-19)14(20)11-5-4-6-12(15)13(11)17-16/h4-6,17H,2-3,7-10,16H2,1H3. The first kappa shape index (κ1) is 14.7. The van der Waals surface area contributed by atoms with Crippen LogP contribution in [0.2, 0.25) is 0 Å². The Morgan fingerprint density at radius 1 is 1.45 bits per heavy atom. The highest BCUT2D eigenvalue weighted by molar-refractivity contribution is 5.99. The number of hydrogen-bond donors (Lipinski definition) is 2. The molecule has 2 rings (SSSR count). The van der Waals surface area contributed by atoms with Crippen LogP contribution in [0.1, 0.15) is 23.2 Å². The number of likely N-dealkylation sites (N-methyl/N-ethyl adjacent to an activating group) is 1. The number of halogens is 1. The van der Waals surface area contributed by atoms with Gasteiger partial charge in [0, 0.05) is 20.1 Å². The van der Waals surface area contributed by atoms with Crippen molar-refractivity contribution in [3.05, 3.63) is 29.6 Å². The van der Waals surface area contributed by atoms with E-state index in [0.29, 0.717) is 6.54 Å². The average Bonchev–Trinajstić information content (AvgIpc) is 2.97. The maximum absolute atomic E-state index is 13.6. The molecule has 6 heteroatoms. The van der Waals surface area contributed by atoms with Crippen molar-refractivity contribution in [3.63, 3.8) is 0 Å². The quantitative estimate of drug-likeness (QED) is 0.630. The largest absolute Gasteiger partial charge is 0.340 e. The first-order valence-electron chi connectivity index (χ1n) is 6.86. The van der Waals surface area contributed by atoms with Crippen molar-refractivity contribution < 1.29 is 9.18 Å².